The summed E-state index contributed by atoms with van der Waals surface area (Å²) in [6.45, 7) is 0. The maximum Gasteiger partial charge on any atom is 0.345 e. The van der Waals surface area contributed by atoms with Gasteiger partial charge in [-0.2, -0.15) is 0 Å². The normalized spacial score (nSPS) is 10.5. The minimum absolute atomic E-state index is 0.0550. The molecule has 1 aromatic carbocycles. The van der Waals surface area contributed by atoms with Gasteiger partial charge in [-0.15, -0.1) is 0 Å². The molecule has 0 amide bonds. The van der Waals surface area contributed by atoms with Crippen LogP contribution >= 0.6 is 35.0 Å². The number of nitrogens with zero attached hydrogens (tertiary/aromatic N) is 2. The number of carbonyl (C=O) groups is 1. The summed E-state index contributed by atoms with van der Waals surface area (Å²) in [6, 6.07) is 7.32. The van der Waals surface area contributed by atoms with E-state index in [4.69, 9.17) is 32.4 Å². The van der Waals surface area contributed by atoms with Crippen LogP contribution in [0, 0.1) is 0 Å². The van der Waals surface area contributed by atoms with Gasteiger partial charge in [-0.1, -0.05) is 35.0 Å². The van der Waals surface area contributed by atoms with E-state index in [1.807, 2.05) is 0 Å². The minimum Gasteiger partial charge on any atom is -0.464 e. The predicted octanol–water partition coefficient (Wildman–Crippen LogP) is 4.25. The summed E-state index contributed by atoms with van der Waals surface area (Å²) < 4.78 is 10.4. The van der Waals surface area contributed by atoms with Crippen LogP contribution < -0.4 is 10.2 Å². The molecule has 0 atom stereocenters. The first-order valence-corrected chi connectivity index (χ1v) is 8.96. The number of carbonyl (C=O) groups excluding carboxylic acids is 1. The van der Waals surface area contributed by atoms with E-state index in [1.165, 1.54) is 36.0 Å². The van der Waals surface area contributed by atoms with Gasteiger partial charge in [0.1, 0.15) is 12.0 Å². The molecule has 0 unspecified atom stereocenters. The van der Waals surface area contributed by atoms with Gasteiger partial charge >= 0.3 is 5.97 Å². The van der Waals surface area contributed by atoms with Crippen molar-refractivity contribution in [3.05, 3.63) is 80.6 Å². The fraction of sp³-hybridized carbons (Fsp3) is 0.0588. The van der Waals surface area contributed by atoms with Gasteiger partial charge < -0.3 is 9.15 Å². The second-order valence-corrected chi connectivity index (χ2v) is 6.69. The number of ether oxygens (including phenoxy) is 1. The van der Waals surface area contributed by atoms with E-state index in [1.54, 1.807) is 18.5 Å². The highest BCUT2D eigenvalue weighted by atomic mass is 35.5. The highest BCUT2D eigenvalue weighted by Crippen LogP contribution is 2.22. The second-order valence-electron chi connectivity index (χ2n) is 4.91. The molecule has 2 heterocycles. The Balaban J connectivity index is 1.70. The topological polar surface area (TPSA) is 82.3 Å². The minimum atomic E-state index is -0.801. The van der Waals surface area contributed by atoms with Gasteiger partial charge in [-0.25, -0.2) is 14.8 Å². The molecule has 6 nitrogen and oxygen atoms in total. The lowest BCUT2D eigenvalue weighted by atomic mass is 10.2. The Hall–Kier alpha value is -2.35. The lowest BCUT2D eigenvalue weighted by molar-refractivity contribution is 0.0729. The monoisotopic (exact) mass is 408 g/mol. The first-order valence-electron chi connectivity index (χ1n) is 7.21. The fourth-order valence-electron chi connectivity index (χ4n) is 1.89. The van der Waals surface area contributed by atoms with Crippen LogP contribution in [-0.4, -0.2) is 15.9 Å². The van der Waals surface area contributed by atoms with Crippen molar-refractivity contribution in [2.24, 2.45) is 0 Å². The first kappa shape index (κ1) is 18.4. The largest absolute Gasteiger partial charge is 0.464 e. The maximum atomic E-state index is 12.2. The number of halogens is 2. The molecule has 0 aliphatic carbocycles. The van der Waals surface area contributed by atoms with Crippen LogP contribution in [0.4, 0.5) is 0 Å². The first-order chi connectivity index (χ1) is 12.5. The Morgan fingerprint density at radius 2 is 1.96 bits per heavy atom. The van der Waals surface area contributed by atoms with Gasteiger partial charge in [0.2, 0.25) is 11.2 Å². The molecule has 3 aromatic rings. The van der Waals surface area contributed by atoms with Gasteiger partial charge in [0.15, 0.2) is 5.16 Å². The van der Waals surface area contributed by atoms with Gasteiger partial charge in [0.25, 0.3) is 0 Å². The van der Waals surface area contributed by atoms with Crippen molar-refractivity contribution in [1.29, 1.82) is 0 Å². The van der Waals surface area contributed by atoms with E-state index in [0.29, 0.717) is 21.7 Å². The van der Waals surface area contributed by atoms with Crippen molar-refractivity contribution in [2.45, 2.75) is 10.9 Å². The third-order valence-corrected chi connectivity index (χ3v) is 4.55. The van der Waals surface area contributed by atoms with Crippen LogP contribution in [0.25, 0.3) is 0 Å². The quantitative estimate of drug-likeness (QED) is 0.354. The average molecular weight is 409 g/mol. The molecule has 0 aliphatic rings. The van der Waals surface area contributed by atoms with Crippen LogP contribution in [0.5, 0.6) is 5.75 Å². The molecule has 0 spiro atoms. The number of esters is 1. The van der Waals surface area contributed by atoms with Crippen molar-refractivity contribution < 1.29 is 13.9 Å². The summed E-state index contributed by atoms with van der Waals surface area (Å²) in [5.74, 6) is -0.290. The molecule has 0 fully saturated rings. The van der Waals surface area contributed by atoms with E-state index in [9.17, 15) is 9.59 Å². The van der Waals surface area contributed by atoms with Crippen LogP contribution in [0.3, 0.4) is 0 Å². The number of aromatic nitrogens is 2. The van der Waals surface area contributed by atoms with Gasteiger partial charge in [-0.05, 0) is 24.3 Å². The summed E-state index contributed by atoms with van der Waals surface area (Å²) in [5.41, 5.74) is -0.438. The lowest BCUT2D eigenvalue weighted by Crippen LogP contribution is -2.15. The summed E-state index contributed by atoms with van der Waals surface area (Å²) in [7, 11) is 0. The van der Waals surface area contributed by atoms with Crippen LogP contribution in [0.2, 0.25) is 10.0 Å². The standard InChI is InChI=1S/C17H10Cl2N2O4S/c18-10-2-3-13(19)12(6-10)16(23)25-15-8-24-11(7-14(15)22)9-26-17-20-4-1-5-21-17/h1-8H,9H2. The van der Waals surface area contributed by atoms with E-state index in [2.05, 4.69) is 9.97 Å². The summed E-state index contributed by atoms with van der Waals surface area (Å²) in [6.07, 6.45) is 4.32. The molecule has 0 N–H and O–H groups in total. The molecule has 0 saturated carbocycles. The van der Waals surface area contributed by atoms with Gasteiger partial charge in [0, 0.05) is 23.5 Å². The average Bonchev–Trinajstić information content (AvgIpc) is 2.64. The van der Waals surface area contributed by atoms with E-state index in [-0.39, 0.29) is 16.3 Å². The molecule has 9 heteroatoms. The second kappa shape index (κ2) is 8.35. The Kier molecular flexibility index (Phi) is 5.92. The molecule has 0 radical (unpaired) electrons. The zero-order valence-electron chi connectivity index (χ0n) is 13.0. The van der Waals surface area contributed by atoms with Crippen molar-refractivity contribution in [3.63, 3.8) is 0 Å². The zero-order chi connectivity index (χ0) is 18.5. The van der Waals surface area contributed by atoms with E-state index < -0.39 is 11.4 Å². The lowest BCUT2D eigenvalue weighted by Gasteiger charge is -2.06. The summed E-state index contributed by atoms with van der Waals surface area (Å²) in [4.78, 5) is 32.4. The zero-order valence-corrected chi connectivity index (χ0v) is 15.3. The Morgan fingerprint density at radius 1 is 1.19 bits per heavy atom. The van der Waals surface area contributed by atoms with Crippen molar-refractivity contribution in [2.75, 3.05) is 0 Å². The third-order valence-electron chi connectivity index (χ3n) is 3.09. The number of rotatable bonds is 5. The Bertz CT molecular complexity index is 996. The molecular formula is C17H10Cl2N2O4S. The summed E-state index contributed by atoms with van der Waals surface area (Å²) in [5, 5.41) is 1.05. The van der Waals surface area contributed by atoms with E-state index >= 15 is 0 Å². The van der Waals surface area contributed by atoms with Crippen LogP contribution in [0.1, 0.15) is 16.1 Å². The Morgan fingerprint density at radius 3 is 2.69 bits per heavy atom. The maximum absolute atomic E-state index is 12.2. The SMILES string of the molecule is O=C(Oc1coc(CSc2ncccn2)cc1=O)c1cc(Cl)ccc1Cl. The molecule has 132 valence electrons. The fourth-order valence-corrected chi connectivity index (χ4v) is 2.95. The molecule has 26 heavy (non-hydrogen) atoms. The van der Waals surface area contributed by atoms with Crippen molar-refractivity contribution >= 4 is 40.9 Å². The molecule has 0 bridgehead atoms. The smallest absolute Gasteiger partial charge is 0.345 e. The van der Waals surface area contributed by atoms with Crippen LogP contribution in [0.15, 0.2) is 63.4 Å². The van der Waals surface area contributed by atoms with Gasteiger partial charge in [0.05, 0.1) is 16.3 Å². The third kappa shape index (κ3) is 4.63. The molecular weight excluding hydrogens is 399 g/mol. The van der Waals surface area contributed by atoms with Crippen molar-refractivity contribution in [3.8, 4) is 5.75 Å². The van der Waals surface area contributed by atoms with Crippen molar-refractivity contribution in [1.82, 2.24) is 9.97 Å². The number of thioether (sulfide) groups is 1. The van der Waals surface area contributed by atoms with Crippen LogP contribution in [-0.2, 0) is 5.75 Å². The van der Waals surface area contributed by atoms with Gasteiger partial charge in [-0.3, -0.25) is 4.79 Å². The highest BCUT2D eigenvalue weighted by molar-refractivity contribution is 7.98. The Labute approximate surface area is 162 Å². The highest BCUT2D eigenvalue weighted by Gasteiger charge is 2.16. The molecule has 0 saturated heterocycles. The molecule has 2 aromatic heterocycles. The number of hydrogen-bond donors (Lipinski definition) is 0. The summed E-state index contributed by atoms with van der Waals surface area (Å²) >= 11 is 13.1. The number of hydrogen-bond acceptors (Lipinski definition) is 7. The molecule has 0 aliphatic heterocycles. The van der Waals surface area contributed by atoms with E-state index in [0.717, 1.165) is 6.26 Å². The molecule has 3 rings (SSSR count). The predicted molar refractivity (Wildman–Crippen MR) is 98.0 cm³/mol. The number of benzene rings is 1.